The van der Waals surface area contributed by atoms with E-state index in [0.717, 1.165) is 11.3 Å². The van der Waals surface area contributed by atoms with Gasteiger partial charge in [-0.05, 0) is 25.0 Å². The summed E-state index contributed by atoms with van der Waals surface area (Å²) < 4.78 is 32.4. The van der Waals surface area contributed by atoms with Crippen LogP contribution in [0.1, 0.15) is 23.2 Å². The molecule has 0 radical (unpaired) electrons. The number of benzene rings is 1. The van der Waals surface area contributed by atoms with E-state index >= 15 is 0 Å². The third kappa shape index (κ3) is 4.35. The van der Waals surface area contributed by atoms with Crippen molar-refractivity contribution in [1.29, 1.82) is 0 Å². The van der Waals surface area contributed by atoms with E-state index in [1.807, 2.05) is 0 Å². The van der Waals surface area contributed by atoms with E-state index in [1.54, 1.807) is 12.1 Å². The van der Waals surface area contributed by atoms with Crippen LogP contribution < -0.4 is 5.32 Å². The fourth-order valence-electron chi connectivity index (χ4n) is 2.99. The molecule has 0 aliphatic carbocycles. The number of hydrogen-bond acceptors (Lipinski definition) is 7. The molecule has 3 rings (SSSR count). The largest absolute Gasteiger partial charge is 0.465 e. The Hall–Kier alpha value is -2.01. The average molecular weight is 444 g/mol. The smallest absolute Gasteiger partial charge is 0.339 e. The zero-order chi connectivity index (χ0) is 20.3. The summed E-state index contributed by atoms with van der Waals surface area (Å²) >= 11 is 6.96. The van der Waals surface area contributed by atoms with Gasteiger partial charge in [0.15, 0.2) is 5.13 Å². The van der Waals surface area contributed by atoms with Gasteiger partial charge in [0.05, 0.1) is 23.8 Å². The SMILES string of the molecule is COC(=O)c1ccccc1S(=O)(=O)N1CCC(C(=O)Nc2ncc(Cl)s2)CC1. The van der Waals surface area contributed by atoms with Crippen LogP contribution in [0.15, 0.2) is 35.4 Å². The van der Waals surface area contributed by atoms with Crippen LogP contribution in [0, 0.1) is 5.92 Å². The lowest BCUT2D eigenvalue weighted by molar-refractivity contribution is -0.120. The molecule has 1 fully saturated rings. The van der Waals surface area contributed by atoms with E-state index in [1.165, 1.54) is 29.7 Å². The molecule has 0 bridgehead atoms. The maximum absolute atomic E-state index is 13.0. The molecular formula is C17H18ClN3O5S2. The van der Waals surface area contributed by atoms with Crippen molar-refractivity contribution in [2.45, 2.75) is 17.7 Å². The monoisotopic (exact) mass is 443 g/mol. The van der Waals surface area contributed by atoms with Crippen molar-refractivity contribution in [2.24, 2.45) is 5.92 Å². The summed E-state index contributed by atoms with van der Waals surface area (Å²) in [6.07, 6.45) is 2.19. The minimum atomic E-state index is -3.88. The quantitative estimate of drug-likeness (QED) is 0.712. The number of nitrogens with zero attached hydrogens (tertiary/aromatic N) is 2. The van der Waals surface area contributed by atoms with E-state index in [9.17, 15) is 18.0 Å². The Morgan fingerprint density at radius 3 is 2.57 bits per heavy atom. The number of carbonyl (C=O) groups is 2. The summed E-state index contributed by atoms with van der Waals surface area (Å²) in [5, 5.41) is 3.12. The van der Waals surface area contributed by atoms with Gasteiger partial charge in [0, 0.05) is 19.0 Å². The first-order valence-corrected chi connectivity index (χ1v) is 11.1. The van der Waals surface area contributed by atoms with Crippen LogP contribution in [0.3, 0.4) is 0 Å². The van der Waals surface area contributed by atoms with E-state index in [-0.39, 0.29) is 35.4 Å². The number of anilines is 1. The van der Waals surface area contributed by atoms with Gasteiger partial charge in [0.25, 0.3) is 0 Å². The molecular weight excluding hydrogens is 426 g/mol. The number of thiazole rings is 1. The molecule has 11 heteroatoms. The topological polar surface area (TPSA) is 106 Å². The van der Waals surface area contributed by atoms with Gasteiger partial charge in [0.2, 0.25) is 15.9 Å². The van der Waals surface area contributed by atoms with Crippen molar-refractivity contribution in [2.75, 3.05) is 25.5 Å². The minimum Gasteiger partial charge on any atom is -0.465 e. The maximum Gasteiger partial charge on any atom is 0.339 e. The standard InChI is InChI=1S/C17H18ClN3O5S2/c1-26-16(23)12-4-2-3-5-13(12)28(24,25)21-8-6-11(7-9-21)15(22)20-17-19-10-14(18)27-17/h2-5,10-11H,6-9H2,1H3,(H,19,20,22). The molecule has 0 atom stereocenters. The van der Waals surface area contributed by atoms with Crippen LogP contribution >= 0.6 is 22.9 Å². The summed E-state index contributed by atoms with van der Waals surface area (Å²) in [5.41, 5.74) is -0.00878. The van der Waals surface area contributed by atoms with Crippen LogP contribution in [0.5, 0.6) is 0 Å². The Kier molecular flexibility index (Phi) is 6.33. The highest BCUT2D eigenvalue weighted by Crippen LogP contribution is 2.28. The van der Waals surface area contributed by atoms with Gasteiger partial charge in [-0.2, -0.15) is 4.31 Å². The summed E-state index contributed by atoms with van der Waals surface area (Å²) in [4.78, 5) is 28.2. The molecule has 0 saturated carbocycles. The maximum atomic E-state index is 13.0. The second-order valence-electron chi connectivity index (χ2n) is 6.12. The van der Waals surface area contributed by atoms with Crippen LogP contribution in [0.25, 0.3) is 0 Å². The Labute approximate surface area is 171 Å². The lowest BCUT2D eigenvalue weighted by Crippen LogP contribution is -2.41. The first kappa shape index (κ1) is 20.7. The Bertz CT molecular complexity index is 984. The zero-order valence-electron chi connectivity index (χ0n) is 14.9. The van der Waals surface area contributed by atoms with Gasteiger partial charge in [0.1, 0.15) is 4.34 Å². The van der Waals surface area contributed by atoms with Gasteiger partial charge in [-0.15, -0.1) is 0 Å². The molecule has 1 saturated heterocycles. The minimum absolute atomic E-state index is 0.00878. The highest BCUT2D eigenvalue weighted by atomic mass is 35.5. The van der Waals surface area contributed by atoms with Gasteiger partial charge in [-0.1, -0.05) is 35.1 Å². The third-order valence-corrected chi connectivity index (χ3v) is 7.43. The van der Waals surface area contributed by atoms with Crippen molar-refractivity contribution in [3.63, 3.8) is 0 Å². The molecule has 28 heavy (non-hydrogen) atoms. The van der Waals surface area contributed by atoms with Gasteiger partial charge < -0.3 is 10.1 Å². The molecule has 0 unspecified atom stereocenters. The molecule has 1 amide bonds. The van der Waals surface area contributed by atoms with Crippen LogP contribution in [-0.4, -0.2) is 49.8 Å². The molecule has 1 aliphatic heterocycles. The summed E-state index contributed by atoms with van der Waals surface area (Å²) in [6.45, 7) is 0.350. The lowest BCUT2D eigenvalue weighted by atomic mass is 9.97. The molecule has 2 heterocycles. The highest BCUT2D eigenvalue weighted by Gasteiger charge is 2.34. The Morgan fingerprint density at radius 2 is 1.96 bits per heavy atom. The molecule has 1 aromatic heterocycles. The predicted molar refractivity (Wildman–Crippen MR) is 105 cm³/mol. The van der Waals surface area contributed by atoms with Crippen molar-refractivity contribution in [1.82, 2.24) is 9.29 Å². The molecule has 1 aliphatic rings. The number of piperidine rings is 1. The number of amides is 1. The number of nitrogens with one attached hydrogen (secondary N) is 1. The second kappa shape index (κ2) is 8.56. The van der Waals surface area contributed by atoms with Crippen molar-refractivity contribution in [3.05, 3.63) is 40.4 Å². The fraction of sp³-hybridized carbons (Fsp3) is 0.353. The highest BCUT2D eigenvalue weighted by molar-refractivity contribution is 7.89. The number of sulfonamides is 1. The number of ether oxygens (including phenoxy) is 1. The first-order valence-electron chi connectivity index (χ1n) is 8.42. The van der Waals surface area contributed by atoms with E-state index < -0.39 is 16.0 Å². The lowest BCUT2D eigenvalue weighted by Gasteiger charge is -2.30. The van der Waals surface area contributed by atoms with Gasteiger partial charge >= 0.3 is 5.97 Å². The number of carbonyl (C=O) groups excluding carboxylic acids is 2. The number of rotatable bonds is 5. The third-order valence-electron chi connectivity index (χ3n) is 4.44. The normalized spacial score (nSPS) is 15.9. The zero-order valence-corrected chi connectivity index (χ0v) is 17.3. The summed E-state index contributed by atoms with van der Waals surface area (Å²) in [7, 11) is -2.68. The first-order chi connectivity index (χ1) is 13.3. The van der Waals surface area contributed by atoms with Crippen molar-refractivity contribution >= 4 is 50.0 Å². The number of hydrogen-bond donors (Lipinski definition) is 1. The number of methoxy groups -OCH3 is 1. The Balaban J connectivity index is 1.69. The average Bonchev–Trinajstić information content (AvgIpc) is 3.12. The molecule has 0 spiro atoms. The number of esters is 1. The predicted octanol–water partition coefficient (Wildman–Crippen LogP) is 2.62. The fourth-order valence-corrected chi connectivity index (χ4v) is 5.45. The van der Waals surface area contributed by atoms with Crippen molar-refractivity contribution < 1.29 is 22.7 Å². The second-order valence-corrected chi connectivity index (χ2v) is 9.69. The molecule has 150 valence electrons. The van der Waals surface area contributed by atoms with Gasteiger partial charge in [-0.3, -0.25) is 4.79 Å². The molecule has 1 aromatic carbocycles. The van der Waals surface area contributed by atoms with Crippen LogP contribution in [-0.2, 0) is 19.6 Å². The Morgan fingerprint density at radius 1 is 1.29 bits per heavy atom. The molecule has 8 nitrogen and oxygen atoms in total. The molecule has 1 N–H and O–H groups in total. The van der Waals surface area contributed by atoms with E-state index in [4.69, 9.17) is 11.6 Å². The number of halogens is 1. The van der Waals surface area contributed by atoms with E-state index in [2.05, 4.69) is 15.0 Å². The van der Waals surface area contributed by atoms with E-state index in [0.29, 0.717) is 22.3 Å². The van der Waals surface area contributed by atoms with Crippen LogP contribution in [0.2, 0.25) is 4.34 Å². The summed E-state index contributed by atoms with van der Waals surface area (Å²) in [5.74, 6) is -1.25. The van der Waals surface area contributed by atoms with Crippen LogP contribution in [0.4, 0.5) is 5.13 Å². The summed E-state index contributed by atoms with van der Waals surface area (Å²) in [6, 6.07) is 5.93. The molecule has 2 aromatic rings. The number of aromatic nitrogens is 1. The van der Waals surface area contributed by atoms with Gasteiger partial charge in [-0.25, -0.2) is 18.2 Å². The van der Waals surface area contributed by atoms with Crippen molar-refractivity contribution in [3.8, 4) is 0 Å².